The van der Waals surface area contributed by atoms with E-state index in [-0.39, 0.29) is 0 Å². The van der Waals surface area contributed by atoms with Crippen LogP contribution in [0.2, 0.25) is 0 Å². The number of nitrogens with zero attached hydrogens (tertiary/aromatic N) is 2. The topological polar surface area (TPSA) is 23.6 Å². The van der Waals surface area contributed by atoms with Crippen LogP contribution >= 0.6 is 0 Å². The maximum absolute atomic E-state index is 12.6. The Balaban J connectivity index is 1.83. The maximum Gasteiger partial charge on any atom is 0.236 e. The number of hydrogen-bond donors (Lipinski definition) is 0. The summed E-state index contributed by atoms with van der Waals surface area (Å²) in [7, 11) is 0. The van der Waals surface area contributed by atoms with Crippen molar-refractivity contribution in [3.05, 3.63) is 0 Å². The molecule has 0 bridgehead atoms. The molecule has 2 rings (SSSR count). The predicted molar refractivity (Wildman–Crippen MR) is 83.8 cm³/mol. The first kappa shape index (κ1) is 15.8. The Morgan fingerprint density at radius 2 is 1.50 bits per heavy atom. The Hall–Kier alpha value is -0.570. The Kier molecular flexibility index (Phi) is 6.85. The highest BCUT2D eigenvalue weighted by molar-refractivity contribution is 5.78. The molecule has 0 N–H and O–H groups in total. The first-order valence-corrected chi connectivity index (χ1v) is 8.83. The second-order valence-electron chi connectivity index (χ2n) is 6.50. The second kappa shape index (κ2) is 8.66. The molecule has 0 unspecified atom stereocenters. The monoisotopic (exact) mass is 280 g/mol. The van der Waals surface area contributed by atoms with Crippen molar-refractivity contribution in [1.82, 2.24) is 9.80 Å². The standard InChI is InChI=1S/C17H32N2O/c1-2-18(16-11-7-6-8-12-16)15-17(20)19-13-9-4-3-5-10-14-19/h16H,2-15H2,1H3. The van der Waals surface area contributed by atoms with Crippen molar-refractivity contribution >= 4 is 5.91 Å². The van der Waals surface area contributed by atoms with Crippen LogP contribution in [0.25, 0.3) is 0 Å². The molecule has 0 aromatic rings. The van der Waals surface area contributed by atoms with Crippen LogP contribution < -0.4 is 0 Å². The molecule has 3 nitrogen and oxygen atoms in total. The molecule has 3 heteroatoms. The summed E-state index contributed by atoms with van der Waals surface area (Å²) in [6, 6.07) is 0.660. The van der Waals surface area contributed by atoms with Gasteiger partial charge in [-0.05, 0) is 32.2 Å². The molecule has 2 fully saturated rings. The van der Waals surface area contributed by atoms with Gasteiger partial charge in [-0.1, -0.05) is 45.4 Å². The Morgan fingerprint density at radius 3 is 2.10 bits per heavy atom. The van der Waals surface area contributed by atoms with Crippen molar-refractivity contribution < 1.29 is 4.79 Å². The summed E-state index contributed by atoms with van der Waals surface area (Å²) in [6.07, 6.45) is 13.0. The van der Waals surface area contributed by atoms with E-state index >= 15 is 0 Å². The summed E-state index contributed by atoms with van der Waals surface area (Å²) in [5.41, 5.74) is 0. The van der Waals surface area contributed by atoms with Gasteiger partial charge in [0, 0.05) is 19.1 Å². The van der Waals surface area contributed by atoms with E-state index in [0.717, 1.165) is 19.6 Å². The summed E-state index contributed by atoms with van der Waals surface area (Å²) in [6.45, 7) is 5.85. The van der Waals surface area contributed by atoms with E-state index in [2.05, 4.69) is 16.7 Å². The highest BCUT2D eigenvalue weighted by Crippen LogP contribution is 2.22. The molecule has 0 aromatic carbocycles. The van der Waals surface area contributed by atoms with E-state index in [9.17, 15) is 4.79 Å². The van der Waals surface area contributed by atoms with Crippen molar-refractivity contribution in [2.75, 3.05) is 26.2 Å². The lowest BCUT2D eigenvalue weighted by Gasteiger charge is -2.35. The van der Waals surface area contributed by atoms with Crippen LogP contribution in [0, 0.1) is 0 Å². The minimum absolute atomic E-state index is 0.374. The quantitative estimate of drug-likeness (QED) is 0.787. The zero-order chi connectivity index (χ0) is 14.2. The van der Waals surface area contributed by atoms with Gasteiger partial charge in [0.05, 0.1) is 6.54 Å². The van der Waals surface area contributed by atoms with Gasteiger partial charge >= 0.3 is 0 Å². The number of rotatable bonds is 4. The normalized spacial score (nSPS) is 22.6. The molecule has 1 aliphatic carbocycles. The van der Waals surface area contributed by atoms with Crippen molar-refractivity contribution in [2.24, 2.45) is 0 Å². The Bertz CT molecular complexity index is 279. The third-order valence-corrected chi connectivity index (χ3v) is 5.04. The smallest absolute Gasteiger partial charge is 0.236 e. The molecular formula is C17H32N2O. The third kappa shape index (κ3) is 4.76. The lowest BCUT2D eigenvalue weighted by molar-refractivity contribution is -0.133. The summed E-state index contributed by atoms with van der Waals surface area (Å²) < 4.78 is 0. The van der Waals surface area contributed by atoms with Crippen molar-refractivity contribution in [3.8, 4) is 0 Å². The van der Waals surface area contributed by atoms with E-state index in [0.29, 0.717) is 18.5 Å². The molecule has 1 aliphatic heterocycles. The molecule has 116 valence electrons. The van der Waals surface area contributed by atoms with Gasteiger partial charge in [-0.15, -0.1) is 0 Å². The van der Waals surface area contributed by atoms with Crippen molar-refractivity contribution in [3.63, 3.8) is 0 Å². The zero-order valence-electron chi connectivity index (χ0n) is 13.3. The van der Waals surface area contributed by atoms with E-state index < -0.39 is 0 Å². The number of amides is 1. The molecule has 2 aliphatic rings. The van der Waals surface area contributed by atoms with Crippen molar-refractivity contribution in [1.29, 1.82) is 0 Å². The third-order valence-electron chi connectivity index (χ3n) is 5.04. The summed E-state index contributed by atoms with van der Waals surface area (Å²) >= 11 is 0. The van der Waals surface area contributed by atoms with E-state index in [4.69, 9.17) is 0 Å². The zero-order valence-corrected chi connectivity index (χ0v) is 13.3. The largest absolute Gasteiger partial charge is 0.342 e. The number of likely N-dealkylation sites (N-methyl/N-ethyl adjacent to an activating group) is 1. The SMILES string of the molecule is CCN(CC(=O)N1CCCCCCC1)C1CCCCC1. The Labute approximate surface area is 124 Å². The van der Waals surface area contributed by atoms with Gasteiger partial charge in [0.25, 0.3) is 0 Å². The lowest BCUT2D eigenvalue weighted by atomic mass is 9.94. The maximum atomic E-state index is 12.6. The molecule has 1 amide bonds. The van der Waals surface area contributed by atoms with Crippen LogP contribution in [0.4, 0.5) is 0 Å². The summed E-state index contributed by atoms with van der Waals surface area (Å²) in [5.74, 6) is 0.374. The average Bonchev–Trinajstić information content (AvgIpc) is 2.45. The molecule has 1 saturated heterocycles. The fraction of sp³-hybridized carbons (Fsp3) is 0.941. The molecule has 0 spiro atoms. The van der Waals surface area contributed by atoms with Crippen LogP contribution in [0.5, 0.6) is 0 Å². The van der Waals surface area contributed by atoms with Gasteiger partial charge in [-0.25, -0.2) is 0 Å². The van der Waals surface area contributed by atoms with Gasteiger partial charge in [-0.3, -0.25) is 9.69 Å². The molecule has 1 heterocycles. The fourth-order valence-corrected chi connectivity index (χ4v) is 3.72. The van der Waals surface area contributed by atoms with E-state index in [1.54, 1.807) is 0 Å². The average molecular weight is 280 g/mol. The van der Waals surface area contributed by atoms with Crippen LogP contribution in [0.3, 0.4) is 0 Å². The molecule has 0 radical (unpaired) electrons. The molecule has 0 atom stereocenters. The number of hydrogen-bond acceptors (Lipinski definition) is 2. The predicted octanol–water partition coefficient (Wildman–Crippen LogP) is 3.43. The number of carbonyl (C=O) groups is 1. The van der Waals surface area contributed by atoms with Gasteiger partial charge in [-0.2, -0.15) is 0 Å². The van der Waals surface area contributed by atoms with Crippen molar-refractivity contribution in [2.45, 2.75) is 77.2 Å². The van der Waals surface area contributed by atoms with E-state index in [1.165, 1.54) is 64.2 Å². The second-order valence-corrected chi connectivity index (χ2v) is 6.50. The number of likely N-dealkylation sites (tertiary alicyclic amines) is 1. The van der Waals surface area contributed by atoms with Crippen LogP contribution in [0.1, 0.15) is 71.1 Å². The minimum Gasteiger partial charge on any atom is -0.342 e. The van der Waals surface area contributed by atoms with Gasteiger partial charge in [0.15, 0.2) is 0 Å². The highest BCUT2D eigenvalue weighted by atomic mass is 16.2. The van der Waals surface area contributed by atoms with Gasteiger partial charge < -0.3 is 4.90 Å². The first-order valence-electron chi connectivity index (χ1n) is 8.83. The number of carbonyl (C=O) groups excluding carboxylic acids is 1. The summed E-state index contributed by atoms with van der Waals surface area (Å²) in [4.78, 5) is 17.1. The lowest BCUT2D eigenvalue weighted by Crippen LogP contribution is -2.46. The van der Waals surface area contributed by atoms with E-state index in [1.807, 2.05) is 0 Å². The van der Waals surface area contributed by atoms with Gasteiger partial charge in [0.1, 0.15) is 0 Å². The van der Waals surface area contributed by atoms with Crippen LogP contribution in [-0.4, -0.2) is 47.9 Å². The van der Waals surface area contributed by atoms with Crippen LogP contribution in [-0.2, 0) is 4.79 Å². The van der Waals surface area contributed by atoms with Crippen LogP contribution in [0.15, 0.2) is 0 Å². The Morgan fingerprint density at radius 1 is 0.950 bits per heavy atom. The highest BCUT2D eigenvalue weighted by Gasteiger charge is 2.24. The molecule has 1 saturated carbocycles. The first-order chi connectivity index (χ1) is 9.81. The fourth-order valence-electron chi connectivity index (χ4n) is 3.72. The minimum atomic E-state index is 0.374. The molecule has 0 aromatic heterocycles. The summed E-state index contributed by atoms with van der Waals surface area (Å²) in [5, 5.41) is 0. The van der Waals surface area contributed by atoms with Gasteiger partial charge in [0.2, 0.25) is 5.91 Å². The molecule has 20 heavy (non-hydrogen) atoms. The molecular weight excluding hydrogens is 248 g/mol.